The van der Waals surface area contributed by atoms with Crippen LogP contribution < -0.4 is 0 Å². The van der Waals surface area contributed by atoms with E-state index in [9.17, 15) is 9.50 Å². The van der Waals surface area contributed by atoms with Crippen LogP contribution in [0.1, 0.15) is 25.0 Å². The maximum Gasteiger partial charge on any atom is 0.169 e. The zero-order valence-corrected chi connectivity index (χ0v) is 14.5. The van der Waals surface area contributed by atoms with Gasteiger partial charge in [-0.25, -0.2) is 4.39 Å². The van der Waals surface area contributed by atoms with Gasteiger partial charge in [0.1, 0.15) is 0 Å². The van der Waals surface area contributed by atoms with Gasteiger partial charge in [0.25, 0.3) is 0 Å². The predicted octanol–water partition coefficient (Wildman–Crippen LogP) is 4.95. The van der Waals surface area contributed by atoms with E-state index in [1.165, 1.54) is 11.6 Å². The molecule has 0 radical (unpaired) electrons. The van der Waals surface area contributed by atoms with Crippen molar-refractivity contribution >= 4 is 15.9 Å². The van der Waals surface area contributed by atoms with Crippen molar-refractivity contribution in [2.45, 2.75) is 26.9 Å². The molecule has 0 aliphatic rings. The fourth-order valence-corrected chi connectivity index (χ4v) is 2.91. The van der Waals surface area contributed by atoms with Crippen LogP contribution in [0.15, 0.2) is 46.9 Å². The number of benzene rings is 2. The second-order valence-corrected chi connectivity index (χ2v) is 6.76. The van der Waals surface area contributed by atoms with E-state index < -0.39 is 5.82 Å². The lowest BCUT2D eigenvalue weighted by Crippen LogP contribution is -2.27. The summed E-state index contributed by atoms with van der Waals surface area (Å²) in [6, 6.07) is 12.8. The maximum atomic E-state index is 14.0. The van der Waals surface area contributed by atoms with Crippen LogP contribution in [0, 0.1) is 11.7 Å². The standard InChI is InChI=1S/C18H21BrFNO/c1-13(2)10-21(11-14-6-3-4-8-16(14)19)12-15-7-5-9-17(22)18(15)20/h3-9,13,22H,10-12H2,1-2H3. The Labute approximate surface area is 139 Å². The summed E-state index contributed by atoms with van der Waals surface area (Å²) >= 11 is 3.56. The highest BCUT2D eigenvalue weighted by Crippen LogP contribution is 2.23. The summed E-state index contributed by atoms with van der Waals surface area (Å²) in [4.78, 5) is 2.20. The van der Waals surface area contributed by atoms with Crippen LogP contribution in [0.4, 0.5) is 4.39 Å². The fraction of sp³-hybridized carbons (Fsp3) is 0.333. The van der Waals surface area contributed by atoms with Crippen LogP contribution in [0.25, 0.3) is 0 Å². The second kappa shape index (κ2) is 7.75. The van der Waals surface area contributed by atoms with E-state index in [2.05, 4.69) is 40.7 Å². The first-order chi connectivity index (χ1) is 10.5. The fourth-order valence-electron chi connectivity index (χ4n) is 2.50. The third kappa shape index (κ3) is 4.55. The van der Waals surface area contributed by atoms with E-state index in [1.54, 1.807) is 12.1 Å². The first-order valence-electron chi connectivity index (χ1n) is 7.39. The Hall–Kier alpha value is -1.39. The Kier molecular flexibility index (Phi) is 5.98. The highest BCUT2D eigenvalue weighted by Gasteiger charge is 2.14. The molecule has 0 fully saturated rings. The van der Waals surface area contributed by atoms with Crippen molar-refractivity contribution in [2.24, 2.45) is 5.92 Å². The zero-order chi connectivity index (χ0) is 16.1. The average Bonchev–Trinajstić information content (AvgIpc) is 2.45. The van der Waals surface area contributed by atoms with E-state index >= 15 is 0 Å². The minimum Gasteiger partial charge on any atom is -0.505 e. The van der Waals surface area contributed by atoms with Crippen LogP contribution in [0.3, 0.4) is 0 Å². The third-order valence-corrected chi connectivity index (χ3v) is 4.20. The van der Waals surface area contributed by atoms with Crippen molar-refractivity contribution in [3.8, 4) is 5.75 Å². The number of halogens is 2. The third-order valence-electron chi connectivity index (χ3n) is 3.43. The molecule has 2 rings (SSSR count). The molecule has 0 heterocycles. The lowest BCUT2D eigenvalue weighted by atomic mass is 10.1. The van der Waals surface area contributed by atoms with E-state index in [1.807, 2.05) is 18.2 Å². The summed E-state index contributed by atoms with van der Waals surface area (Å²) in [5, 5.41) is 9.53. The molecule has 0 unspecified atom stereocenters. The van der Waals surface area contributed by atoms with E-state index in [-0.39, 0.29) is 5.75 Å². The van der Waals surface area contributed by atoms with Gasteiger partial charge >= 0.3 is 0 Å². The molecule has 2 aromatic rings. The largest absolute Gasteiger partial charge is 0.505 e. The Morgan fingerprint density at radius 1 is 1.05 bits per heavy atom. The normalized spacial score (nSPS) is 11.4. The summed E-state index contributed by atoms with van der Waals surface area (Å²) in [5.74, 6) is -0.339. The maximum absolute atomic E-state index is 14.0. The molecule has 2 nitrogen and oxygen atoms in total. The van der Waals surface area contributed by atoms with Crippen LogP contribution in [-0.4, -0.2) is 16.6 Å². The van der Waals surface area contributed by atoms with Crippen molar-refractivity contribution in [2.75, 3.05) is 6.54 Å². The van der Waals surface area contributed by atoms with Crippen molar-refractivity contribution in [3.63, 3.8) is 0 Å². The van der Waals surface area contributed by atoms with Gasteiger partial charge < -0.3 is 5.11 Å². The highest BCUT2D eigenvalue weighted by molar-refractivity contribution is 9.10. The lowest BCUT2D eigenvalue weighted by molar-refractivity contribution is 0.223. The number of rotatable bonds is 6. The molecule has 0 aliphatic heterocycles. The molecule has 1 N–H and O–H groups in total. The first kappa shape index (κ1) is 17.0. The van der Waals surface area contributed by atoms with E-state index in [0.29, 0.717) is 18.0 Å². The number of phenolic OH excluding ortho intramolecular Hbond substituents is 1. The molecule has 0 amide bonds. The van der Waals surface area contributed by atoms with Crippen LogP contribution in [0.2, 0.25) is 0 Å². The SMILES string of the molecule is CC(C)CN(Cc1ccccc1Br)Cc1cccc(O)c1F. The molecule has 22 heavy (non-hydrogen) atoms. The topological polar surface area (TPSA) is 23.5 Å². The Bertz CT molecular complexity index is 630. The molecule has 4 heteroatoms. The Balaban J connectivity index is 2.19. The van der Waals surface area contributed by atoms with Crippen molar-refractivity contribution in [1.82, 2.24) is 4.90 Å². The van der Waals surface area contributed by atoms with Gasteiger partial charge in [0, 0.05) is 29.7 Å². The first-order valence-corrected chi connectivity index (χ1v) is 8.18. The number of aromatic hydroxyl groups is 1. The number of nitrogens with zero attached hydrogens (tertiary/aromatic N) is 1. The van der Waals surface area contributed by atoms with Crippen LogP contribution >= 0.6 is 15.9 Å². The second-order valence-electron chi connectivity index (χ2n) is 5.91. The van der Waals surface area contributed by atoms with Gasteiger partial charge in [-0.05, 0) is 23.6 Å². The minimum absolute atomic E-state index is 0.289. The van der Waals surface area contributed by atoms with Gasteiger partial charge in [-0.1, -0.05) is 60.1 Å². The van der Waals surface area contributed by atoms with Gasteiger partial charge in [-0.3, -0.25) is 4.90 Å². The van der Waals surface area contributed by atoms with E-state index in [4.69, 9.17) is 0 Å². The Morgan fingerprint density at radius 2 is 1.68 bits per heavy atom. The minimum atomic E-state index is -0.525. The number of phenols is 1. The van der Waals surface area contributed by atoms with Crippen molar-refractivity contribution < 1.29 is 9.50 Å². The van der Waals surface area contributed by atoms with Gasteiger partial charge in [0.2, 0.25) is 0 Å². The average molecular weight is 366 g/mol. The molecule has 0 bridgehead atoms. The van der Waals surface area contributed by atoms with Gasteiger partial charge in [0.15, 0.2) is 11.6 Å². The smallest absolute Gasteiger partial charge is 0.169 e. The molecule has 118 valence electrons. The van der Waals surface area contributed by atoms with Gasteiger partial charge in [-0.15, -0.1) is 0 Å². The molecule has 0 saturated carbocycles. The molecule has 0 aliphatic carbocycles. The van der Waals surface area contributed by atoms with Crippen LogP contribution in [0.5, 0.6) is 5.75 Å². The highest BCUT2D eigenvalue weighted by atomic mass is 79.9. The molecule has 0 spiro atoms. The molecule has 0 atom stereocenters. The Morgan fingerprint density at radius 3 is 2.36 bits per heavy atom. The molecular formula is C18H21BrFNO. The molecule has 0 saturated heterocycles. The summed E-state index contributed by atoms with van der Waals surface area (Å²) in [7, 11) is 0. The van der Waals surface area contributed by atoms with E-state index in [0.717, 1.165) is 17.6 Å². The zero-order valence-electron chi connectivity index (χ0n) is 12.9. The molecular weight excluding hydrogens is 345 g/mol. The monoisotopic (exact) mass is 365 g/mol. The van der Waals surface area contributed by atoms with Gasteiger partial charge in [-0.2, -0.15) is 0 Å². The quantitative estimate of drug-likeness (QED) is 0.782. The lowest BCUT2D eigenvalue weighted by Gasteiger charge is -2.25. The number of hydrogen-bond donors (Lipinski definition) is 1. The summed E-state index contributed by atoms with van der Waals surface area (Å²) in [6.45, 7) is 6.35. The summed E-state index contributed by atoms with van der Waals surface area (Å²) in [5.41, 5.74) is 1.69. The van der Waals surface area contributed by atoms with Gasteiger partial charge in [0.05, 0.1) is 0 Å². The van der Waals surface area contributed by atoms with Crippen molar-refractivity contribution in [3.05, 3.63) is 63.9 Å². The molecule has 0 aromatic heterocycles. The summed E-state index contributed by atoms with van der Waals surface area (Å²) in [6.07, 6.45) is 0. The number of hydrogen-bond acceptors (Lipinski definition) is 2. The summed E-state index contributed by atoms with van der Waals surface area (Å²) < 4.78 is 15.1. The molecule has 2 aromatic carbocycles. The predicted molar refractivity (Wildman–Crippen MR) is 91.2 cm³/mol. The van der Waals surface area contributed by atoms with Crippen molar-refractivity contribution in [1.29, 1.82) is 0 Å². The van der Waals surface area contributed by atoms with Crippen LogP contribution in [-0.2, 0) is 13.1 Å².